The van der Waals surface area contributed by atoms with Crippen LogP contribution in [0.3, 0.4) is 0 Å². The van der Waals surface area contributed by atoms with Crippen molar-refractivity contribution >= 4 is 22.7 Å². The second-order valence-corrected chi connectivity index (χ2v) is 7.12. The molecule has 8 N–H and O–H groups in total. The molecule has 0 atom stereocenters. The fourth-order valence-electron chi connectivity index (χ4n) is 2.53. The van der Waals surface area contributed by atoms with Gasteiger partial charge in [-0.05, 0) is 53.6 Å². The number of unbranched alkanes of at least 4 members (excludes halogenated alkanes) is 1. The molecule has 2 aromatic carbocycles. The molecule has 0 fully saturated rings. The SMILES string of the molecule is CC(C)(C)c1ccc(N)cc1N.CCCCc1c(N)cccc1N. The molecule has 0 unspecified atom stereocenters. The summed E-state index contributed by atoms with van der Waals surface area (Å²) in [5.74, 6) is 0. The highest BCUT2D eigenvalue weighted by Crippen LogP contribution is 2.28. The molecule has 0 amide bonds. The number of hydrogen-bond donors (Lipinski definition) is 4. The van der Waals surface area contributed by atoms with Gasteiger partial charge in [0.15, 0.2) is 0 Å². The first-order valence-electron chi connectivity index (χ1n) is 8.45. The minimum atomic E-state index is 0.0950. The lowest BCUT2D eigenvalue weighted by Gasteiger charge is -2.21. The van der Waals surface area contributed by atoms with E-state index in [9.17, 15) is 0 Å². The third-order valence-corrected chi connectivity index (χ3v) is 3.91. The Hall–Kier alpha value is -2.36. The van der Waals surface area contributed by atoms with E-state index in [1.165, 1.54) is 6.42 Å². The van der Waals surface area contributed by atoms with Crippen molar-refractivity contribution < 1.29 is 0 Å². The van der Waals surface area contributed by atoms with E-state index < -0.39 is 0 Å². The molecule has 2 rings (SSSR count). The second-order valence-electron chi connectivity index (χ2n) is 7.12. The zero-order chi connectivity index (χ0) is 18.3. The third kappa shape index (κ3) is 5.69. The van der Waals surface area contributed by atoms with Crippen LogP contribution >= 0.6 is 0 Å². The van der Waals surface area contributed by atoms with E-state index in [0.29, 0.717) is 0 Å². The molecule has 132 valence electrons. The van der Waals surface area contributed by atoms with Gasteiger partial charge in [-0.15, -0.1) is 0 Å². The fraction of sp³-hybridized carbons (Fsp3) is 0.400. The molecular weight excluding hydrogens is 296 g/mol. The summed E-state index contributed by atoms with van der Waals surface area (Å²) in [4.78, 5) is 0. The smallest absolute Gasteiger partial charge is 0.0372 e. The molecule has 24 heavy (non-hydrogen) atoms. The molecule has 0 radical (unpaired) electrons. The van der Waals surface area contributed by atoms with Crippen LogP contribution in [0, 0.1) is 0 Å². The lowest BCUT2D eigenvalue weighted by Crippen LogP contribution is -2.13. The van der Waals surface area contributed by atoms with Gasteiger partial charge in [-0.2, -0.15) is 0 Å². The van der Waals surface area contributed by atoms with Gasteiger partial charge in [-0.3, -0.25) is 0 Å². The van der Waals surface area contributed by atoms with Gasteiger partial charge in [0.25, 0.3) is 0 Å². The standard InChI is InChI=1S/2C10H16N2/c1-10(2,3)8-5-4-7(11)6-9(8)12;1-2-3-5-8-9(11)6-4-7-10(8)12/h4-6H,11-12H2,1-3H3;4,6-7H,2-3,5,11-12H2,1H3. The van der Waals surface area contributed by atoms with E-state index in [0.717, 1.165) is 46.7 Å². The molecule has 0 heterocycles. The van der Waals surface area contributed by atoms with E-state index in [-0.39, 0.29) is 5.41 Å². The normalized spacial score (nSPS) is 10.8. The van der Waals surface area contributed by atoms with Crippen LogP contribution in [0.4, 0.5) is 22.7 Å². The number of rotatable bonds is 3. The summed E-state index contributed by atoms with van der Waals surface area (Å²) in [7, 11) is 0. The molecule has 0 bridgehead atoms. The van der Waals surface area contributed by atoms with Crippen LogP contribution in [0.15, 0.2) is 36.4 Å². The van der Waals surface area contributed by atoms with Crippen LogP contribution < -0.4 is 22.9 Å². The van der Waals surface area contributed by atoms with Gasteiger partial charge >= 0.3 is 0 Å². The van der Waals surface area contributed by atoms with Crippen molar-refractivity contribution in [3.63, 3.8) is 0 Å². The van der Waals surface area contributed by atoms with Gasteiger partial charge in [-0.1, -0.05) is 46.2 Å². The lowest BCUT2D eigenvalue weighted by atomic mass is 9.86. The summed E-state index contributed by atoms with van der Waals surface area (Å²) in [6.45, 7) is 8.56. The first-order chi connectivity index (χ1) is 11.2. The molecule has 0 saturated carbocycles. The molecular formula is C20H32N4. The quantitative estimate of drug-likeness (QED) is 0.629. The minimum Gasteiger partial charge on any atom is -0.399 e. The maximum absolute atomic E-state index is 5.83. The summed E-state index contributed by atoms with van der Waals surface area (Å²) in [5, 5.41) is 0. The van der Waals surface area contributed by atoms with Gasteiger partial charge in [0.05, 0.1) is 0 Å². The molecule has 2 aromatic rings. The van der Waals surface area contributed by atoms with Gasteiger partial charge < -0.3 is 22.9 Å². The van der Waals surface area contributed by atoms with Crippen molar-refractivity contribution in [3.8, 4) is 0 Å². The number of benzene rings is 2. The fourth-order valence-corrected chi connectivity index (χ4v) is 2.53. The second kappa shape index (κ2) is 8.48. The van der Waals surface area contributed by atoms with E-state index in [2.05, 4.69) is 27.7 Å². The predicted molar refractivity (Wildman–Crippen MR) is 108 cm³/mol. The highest BCUT2D eigenvalue weighted by Gasteiger charge is 2.16. The van der Waals surface area contributed by atoms with Crippen molar-refractivity contribution in [2.45, 2.75) is 52.4 Å². The summed E-state index contributed by atoms with van der Waals surface area (Å²) >= 11 is 0. The van der Waals surface area contributed by atoms with Crippen molar-refractivity contribution in [2.75, 3.05) is 22.9 Å². The Morgan fingerprint density at radius 1 is 0.833 bits per heavy atom. The van der Waals surface area contributed by atoms with Crippen LogP contribution in [0.1, 0.15) is 51.7 Å². The Balaban J connectivity index is 0.000000240. The van der Waals surface area contributed by atoms with Gasteiger partial charge in [0, 0.05) is 22.7 Å². The zero-order valence-electron chi connectivity index (χ0n) is 15.4. The monoisotopic (exact) mass is 328 g/mol. The summed E-state index contributed by atoms with van der Waals surface area (Å²) < 4.78 is 0. The van der Waals surface area contributed by atoms with Crippen LogP contribution in [-0.2, 0) is 11.8 Å². The molecule has 0 spiro atoms. The average molecular weight is 329 g/mol. The molecule has 0 aliphatic heterocycles. The highest BCUT2D eigenvalue weighted by molar-refractivity contribution is 5.61. The number of nitrogen functional groups attached to an aromatic ring is 4. The maximum Gasteiger partial charge on any atom is 0.0372 e. The zero-order valence-corrected chi connectivity index (χ0v) is 15.4. The van der Waals surface area contributed by atoms with Crippen molar-refractivity contribution in [3.05, 3.63) is 47.5 Å². The Morgan fingerprint density at radius 2 is 1.42 bits per heavy atom. The summed E-state index contributed by atoms with van der Waals surface area (Å²) in [6, 6.07) is 11.4. The largest absolute Gasteiger partial charge is 0.399 e. The molecule has 0 aliphatic rings. The topological polar surface area (TPSA) is 104 Å². The Kier molecular flexibility index (Phi) is 6.96. The minimum absolute atomic E-state index is 0.0950. The van der Waals surface area contributed by atoms with E-state index in [1.54, 1.807) is 6.07 Å². The van der Waals surface area contributed by atoms with E-state index in [1.807, 2.05) is 30.3 Å². The van der Waals surface area contributed by atoms with E-state index >= 15 is 0 Å². The molecule has 0 saturated heterocycles. The Bertz CT molecular complexity index is 637. The lowest BCUT2D eigenvalue weighted by molar-refractivity contribution is 0.593. The van der Waals surface area contributed by atoms with Gasteiger partial charge in [0.1, 0.15) is 0 Å². The summed E-state index contributed by atoms with van der Waals surface area (Å²) in [6.07, 6.45) is 3.32. The van der Waals surface area contributed by atoms with Gasteiger partial charge in [-0.25, -0.2) is 0 Å². The van der Waals surface area contributed by atoms with Crippen LogP contribution in [0.2, 0.25) is 0 Å². The number of anilines is 4. The number of hydrogen-bond acceptors (Lipinski definition) is 4. The molecule has 0 aliphatic carbocycles. The highest BCUT2D eigenvalue weighted by atomic mass is 14.6. The van der Waals surface area contributed by atoms with Gasteiger partial charge in [0.2, 0.25) is 0 Å². The Morgan fingerprint density at radius 3 is 1.88 bits per heavy atom. The van der Waals surface area contributed by atoms with Crippen molar-refractivity contribution in [2.24, 2.45) is 0 Å². The third-order valence-electron chi connectivity index (χ3n) is 3.91. The van der Waals surface area contributed by atoms with Crippen molar-refractivity contribution in [1.82, 2.24) is 0 Å². The summed E-state index contributed by atoms with van der Waals surface area (Å²) in [5.41, 5.74) is 28.5. The van der Waals surface area contributed by atoms with Crippen LogP contribution in [0.5, 0.6) is 0 Å². The van der Waals surface area contributed by atoms with Crippen LogP contribution in [-0.4, -0.2) is 0 Å². The van der Waals surface area contributed by atoms with Crippen molar-refractivity contribution in [1.29, 1.82) is 0 Å². The number of nitrogens with two attached hydrogens (primary N) is 4. The molecule has 4 nitrogen and oxygen atoms in total. The predicted octanol–water partition coefficient (Wildman–Crippen LogP) is 4.34. The van der Waals surface area contributed by atoms with Crippen LogP contribution in [0.25, 0.3) is 0 Å². The van der Waals surface area contributed by atoms with E-state index in [4.69, 9.17) is 22.9 Å². The first-order valence-corrected chi connectivity index (χ1v) is 8.45. The molecule has 0 aromatic heterocycles. The Labute approximate surface area is 146 Å². The molecule has 4 heteroatoms. The maximum atomic E-state index is 5.83. The average Bonchev–Trinajstić information content (AvgIpc) is 2.46. The first kappa shape index (κ1) is 19.7.